The van der Waals surface area contributed by atoms with Gasteiger partial charge in [0.25, 0.3) is 0 Å². The van der Waals surface area contributed by atoms with Crippen LogP contribution in [-0.2, 0) is 12.0 Å². The molecular weight excluding hydrogens is 300 g/mol. The Bertz CT molecular complexity index is 524. The number of anilines is 1. The smallest absolute Gasteiger partial charge is 0.106 e. The van der Waals surface area contributed by atoms with Crippen molar-refractivity contribution >= 4 is 21.6 Å². The van der Waals surface area contributed by atoms with Crippen molar-refractivity contribution in [2.45, 2.75) is 32.7 Å². The van der Waals surface area contributed by atoms with Crippen LogP contribution < -0.4 is 5.32 Å². The van der Waals surface area contributed by atoms with Gasteiger partial charge in [0.1, 0.15) is 4.60 Å². The molecule has 0 amide bonds. The topological polar surface area (TPSA) is 24.9 Å². The SMILES string of the molecule is CC(C)(C)c1ccc(CNc2ccc(Br)nc2)cc1. The lowest BCUT2D eigenvalue weighted by molar-refractivity contribution is 0.590. The van der Waals surface area contributed by atoms with E-state index >= 15 is 0 Å². The van der Waals surface area contributed by atoms with E-state index in [2.05, 4.69) is 71.3 Å². The molecule has 2 rings (SSSR count). The number of rotatable bonds is 3. The molecule has 2 nitrogen and oxygen atoms in total. The molecule has 0 spiro atoms. The van der Waals surface area contributed by atoms with Gasteiger partial charge in [0.05, 0.1) is 11.9 Å². The summed E-state index contributed by atoms with van der Waals surface area (Å²) in [6.45, 7) is 7.50. The summed E-state index contributed by atoms with van der Waals surface area (Å²) in [4.78, 5) is 4.19. The minimum absolute atomic E-state index is 0.210. The molecule has 0 saturated carbocycles. The highest BCUT2D eigenvalue weighted by molar-refractivity contribution is 9.10. The van der Waals surface area contributed by atoms with Crippen LogP contribution in [0.25, 0.3) is 0 Å². The molecule has 3 heteroatoms. The number of halogens is 1. The van der Waals surface area contributed by atoms with Gasteiger partial charge in [0.15, 0.2) is 0 Å². The van der Waals surface area contributed by atoms with Gasteiger partial charge in [0.2, 0.25) is 0 Å². The first-order chi connectivity index (χ1) is 8.95. The minimum Gasteiger partial charge on any atom is -0.380 e. The first-order valence-corrected chi connectivity index (χ1v) is 7.19. The quantitative estimate of drug-likeness (QED) is 0.826. The number of nitrogens with zero attached hydrogens (tertiary/aromatic N) is 1. The van der Waals surface area contributed by atoms with Crippen LogP contribution in [0.4, 0.5) is 5.69 Å². The van der Waals surface area contributed by atoms with Crippen LogP contribution in [0.3, 0.4) is 0 Å². The van der Waals surface area contributed by atoms with Crippen LogP contribution in [0.5, 0.6) is 0 Å². The molecule has 0 aliphatic rings. The summed E-state index contributed by atoms with van der Waals surface area (Å²) in [6.07, 6.45) is 1.83. The van der Waals surface area contributed by atoms with Crippen molar-refractivity contribution in [1.29, 1.82) is 0 Å². The Labute approximate surface area is 123 Å². The van der Waals surface area contributed by atoms with E-state index in [1.807, 2.05) is 18.3 Å². The third kappa shape index (κ3) is 4.06. The van der Waals surface area contributed by atoms with Crippen molar-refractivity contribution in [3.63, 3.8) is 0 Å². The van der Waals surface area contributed by atoms with Crippen LogP contribution in [-0.4, -0.2) is 4.98 Å². The van der Waals surface area contributed by atoms with Gasteiger partial charge in [-0.1, -0.05) is 45.0 Å². The fraction of sp³-hybridized carbons (Fsp3) is 0.312. The molecule has 1 N–H and O–H groups in total. The van der Waals surface area contributed by atoms with E-state index in [0.29, 0.717) is 0 Å². The van der Waals surface area contributed by atoms with Crippen molar-refractivity contribution in [2.75, 3.05) is 5.32 Å². The Kier molecular flexibility index (Phi) is 4.25. The lowest BCUT2D eigenvalue weighted by Crippen LogP contribution is -2.11. The molecule has 2 aromatic rings. The van der Waals surface area contributed by atoms with Gasteiger partial charge in [-0.2, -0.15) is 0 Å². The fourth-order valence-corrected chi connectivity index (χ4v) is 2.04. The molecule has 19 heavy (non-hydrogen) atoms. The van der Waals surface area contributed by atoms with Gasteiger partial charge < -0.3 is 5.32 Å². The highest BCUT2D eigenvalue weighted by atomic mass is 79.9. The van der Waals surface area contributed by atoms with Crippen molar-refractivity contribution in [2.24, 2.45) is 0 Å². The molecule has 0 radical (unpaired) electrons. The van der Waals surface area contributed by atoms with Gasteiger partial charge in [-0.25, -0.2) is 4.98 Å². The average molecular weight is 319 g/mol. The third-order valence-corrected chi connectivity index (χ3v) is 3.51. The van der Waals surface area contributed by atoms with E-state index in [0.717, 1.165) is 16.8 Å². The second-order valence-corrected chi connectivity index (χ2v) is 6.48. The van der Waals surface area contributed by atoms with Gasteiger partial charge in [-0.3, -0.25) is 0 Å². The van der Waals surface area contributed by atoms with Crippen molar-refractivity contribution < 1.29 is 0 Å². The van der Waals surface area contributed by atoms with Crippen LogP contribution in [0.15, 0.2) is 47.2 Å². The van der Waals surface area contributed by atoms with E-state index < -0.39 is 0 Å². The van der Waals surface area contributed by atoms with E-state index in [4.69, 9.17) is 0 Å². The number of aromatic nitrogens is 1. The van der Waals surface area contributed by atoms with E-state index in [1.54, 1.807) is 0 Å². The van der Waals surface area contributed by atoms with Gasteiger partial charge in [-0.15, -0.1) is 0 Å². The highest BCUT2D eigenvalue weighted by Gasteiger charge is 2.12. The van der Waals surface area contributed by atoms with E-state index in [-0.39, 0.29) is 5.41 Å². The Morgan fingerprint density at radius 3 is 2.26 bits per heavy atom. The predicted molar refractivity (Wildman–Crippen MR) is 84.4 cm³/mol. The number of nitrogens with one attached hydrogen (secondary N) is 1. The normalized spacial score (nSPS) is 11.4. The molecule has 0 aliphatic carbocycles. The molecule has 0 unspecified atom stereocenters. The third-order valence-electron chi connectivity index (χ3n) is 3.04. The first kappa shape index (κ1) is 14.1. The molecular formula is C16H19BrN2. The number of hydrogen-bond acceptors (Lipinski definition) is 2. The predicted octanol–water partition coefficient (Wildman–Crippen LogP) is 4.75. The summed E-state index contributed by atoms with van der Waals surface area (Å²) in [5.41, 5.74) is 3.88. The number of hydrogen-bond donors (Lipinski definition) is 1. The van der Waals surface area contributed by atoms with Crippen molar-refractivity contribution in [3.05, 3.63) is 58.3 Å². The molecule has 0 aliphatic heterocycles. The minimum atomic E-state index is 0.210. The molecule has 1 aromatic carbocycles. The largest absolute Gasteiger partial charge is 0.380 e. The van der Waals surface area contributed by atoms with E-state index in [1.165, 1.54) is 11.1 Å². The number of pyridine rings is 1. The average Bonchev–Trinajstić information content (AvgIpc) is 2.37. The molecule has 0 fully saturated rings. The fourth-order valence-electron chi connectivity index (χ4n) is 1.81. The monoisotopic (exact) mass is 318 g/mol. The zero-order valence-corrected chi connectivity index (χ0v) is 13.2. The van der Waals surface area contributed by atoms with E-state index in [9.17, 15) is 0 Å². The second-order valence-electron chi connectivity index (χ2n) is 5.67. The lowest BCUT2D eigenvalue weighted by Gasteiger charge is -2.19. The summed E-state index contributed by atoms with van der Waals surface area (Å²) >= 11 is 3.33. The zero-order valence-electron chi connectivity index (χ0n) is 11.6. The standard InChI is InChI=1S/C16H19BrN2/c1-16(2,3)13-6-4-12(5-7-13)10-18-14-8-9-15(17)19-11-14/h4-9,11,18H,10H2,1-3H3. The first-order valence-electron chi connectivity index (χ1n) is 6.40. The highest BCUT2D eigenvalue weighted by Crippen LogP contribution is 2.22. The summed E-state index contributed by atoms with van der Waals surface area (Å²) in [5.74, 6) is 0. The number of benzene rings is 1. The molecule has 0 atom stereocenters. The van der Waals surface area contributed by atoms with Crippen LogP contribution in [0, 0.1) is 0 Å². The Hall–Kier alpha value is -1.35. The summed E-state index contributed by atoms with van der Waals surface area (Å²) in [7, 11) is 0. The Morgan fingerprint density at radius 2 is 1.74 bits per heavy atom. The summed E-state index contributed by atoms with van der Waals surface area (Å²) < 4.78 is 0.854. The van der Waals surface area contributed by atoms with Crippen molar-refractivity contribution in [1.82, 2.24) is 4.98 Å². The zero-order chi connectivity index (χ0) is 13.9. The Balaban J connectivity index is 1.98. The second kappa shape index (κ2) is 5.74. The van der Waals surface area contributed by atoms with Crippen LogP contribution >= 0.6 is 15.9 Å². The molecule has 100 valence electrons. The molecule has 1 heterocycles. The van der Waals surface area contributed by atoms with Gasteiger partial charge >= 0.3 is 0 Å². The maximum Gasteiger partial charge on any atom is 0.106 e. The van der Waals surface area contributed by atoms with Crippen molar-refractivity contribution in [3.8, 4) is 0 Å². The van der Waals surface area contributed by atoms with Crippen LogP contribution in [0.1, 0.15) is 31.9 Å². The maximum atomic E-state index is 4.19. The van der Waals surface area contributed by atoms with Gasteiger partial charge in [-0.05, 0) is 44.6 Å². The molecule has 0 bridgehead atoms. The summed E-state index contributed by atoms with van der Waals surface area (Å²) in [5, 5.41) is 3.36. The Morgan fingerprint density at radius 1 is 1.05 bits per heavy atom. The van der Waals surface area contributed by atoms with Crippen LogP contribution in [0.2, 0.25) is 0 Å². The maximum absolute atomic E-state index is 4.19. The molecule has 0 saturated heterocycles. The summed E-state index contributed by atoms with van der Waals surface area (Å²) in [6, 6.07) is 12.7. The lowest BCUT2D eigenvalue weighted by atomic mass is 9.87. The van der Waals surface area contributed by atoms with Gasteiger partial charge in [0, 0.05) is 6.54 Å². The molecule has 1 aromatic heterocycles.